The summed E-state index contributed by atoms with van der Waals surface area (Å²) in [4.78, 5) is 24.6. The van der Waals surface area contributed by atoms with E-state index in [0.29, 0.717) is 29.0 Å². The lowest BCUT2D eigenvalue weighted by atomic mass is 9.77. The Kier molecular flexibility index (Phi) is 5.85. The average molecular weight is 463 g/mol. The van der Waals surface area contributed by atoms with Crippen LogP contribution in [0.15, 0.2) is 42.7 Å². The predicted molar refractivity (Wildman–Crippen MR) is 126 cm³/mol. The minimum absolute atomic E-state index is 0.0934. The summed E-state index contributed by atoms with van der Waals surface area (Å²) in [5.41, 5.74) is 8.18. The number of ether oxygens (including phenoxy) is 1. The Hall–Kier alpha value is -3.62. The second-order valence-corrected chi connectivity index (χ2v) is 9.49. The molecule has 0 aliphatic heterocycles. The van der Waals surface area contributed by atoms with Gasteiger partial charge in [-0.05, 0) is 64.0 Å². The molecule has 2 aliphatic rings. The zero-order valence-electron chi connectivity index (χ0n) is 19.5. The first-order valence-electron chi connectivity index (χ1n) is 11.9. The Morgan fingerprint density at radius 1 is 1.21 bits per heavy atom. The van der Waals surface area contributed by atoms with Crippen molar-refractivity contribution in [3.05, 3.63) is 59.5 Å². The minimum Gasteiger partial charge on any atom is -0.473 e. The van der Waals surface area contributed by atoms with Gasteiger partial charge in [0.1, 0.15) is 5.56 Å². The highest BCUT2D eigenvalue weighted by Gasteiger charge is 2.33. The van der Waals surface area contributed by atoms with E-state index in [1.807, 2.05) is 44.2 Å². The van der Waals surface area contributed by atoms with Crippen molar-refractivity contribution >= 4 is 11.8 Å². The van der Waals surface area contributed by atoms with E-state index >= 15 is 0 Å². The average Bonchev–Trinajstić information content (AvgIpc) is 3.44. The topological polar surface area (TPSA) is 117 Å². The van der Waals surface area contributed by atoms with Gasteiger partial charge in [-0.2, -0.15) is 5.10 Å². The van der Waals surface area contributed by atoms with Gasteiger partial charge in [0.15, 0.2) is 0 Å². The van der Waals surface area contributed by atoms with E-state index in [9.17, 15) is 9.59 Å². The molecular weight excluding hydrogens is 432 g/mol. The molecule has 2 fully saturated rings. The van der Waals surface area contributed by atoms with Gasteiger partial charge in [-0.3, -0.25) is 14.3 Å². The lowest BCUT2D eigenvalue weighted by Gasteiger charge is -2.37. The maximum absolute atomic E-state index is 12.8. The highest BCUT2D eigenvalue weighted by molar-refractivity contribution is 5.95. The van der Waals surface area contributed by atoms with Crippen molar-refractivity contribution in [2.45, 2.75) is 64.1 Å². The number of carbonyl (C=O) groups excluding carboxylic acids is 2. The molecule has 0 radical (unpaired) electrons. The van der Waals surface area contributed by atoms with E-state index in [0.717, 1.165) is 43.5 Å². The fourth-order valence-electron chi connectivity index (χ4n) is 4.64. The molecule has 2 aromatic heterocycles. The Morgan fingerprint density at radius 2 is 1.94 bits per heavy atom. The van der Waals surface area contributed by atoms with Crippen LogP contribution < -0.4 is 15.8 Å². The van der Waals surface area contributed by atoms with E-state index in [1.54, 1.807) is 21.8 Å². The van der Waals surface area contributed by atoms with E-state index in [-0.39, 0.29) is 18.1 Å². The molecule has 2 aliphatic carbocycles. The molecule has 2 saturated carbocycles. The van der Waals surface area contributed by atoms with E-state index in [4.69, 9.17) is 10.5 Å². The number of nitrogens with zero attached hydrogens (tertiary/aromatic N) is 4. The zero-order valence-corrected chi connectivity index (χ0v) is 19.5. The van der Waals surface area contributed by atoms with Gasteiger partial charge in [-0.15, -0.1) is 5.10 Å². The molecular formula is C25H30N6O3. The Labute approximate surface area is 198 Å². The van der Waals surface area contributed by atoms with E-state index in [2.05, 4.69) is 15.5 Å². The van der Waals surface area contributed by atoms with Crippen LogP contribution in [0.1, 0.15) is 71.5 Å². The van der Waals surface area contributed by atoms with Gasteiger partial charge in [0.2, 0.25) is 5.88 Å². The van der Waals surface area contributed by atoms with Crippen LogP contribution in [0.3, 0.4) is 0 Å². The largest absolute Gasteiger partial charge is 0.473 e. The van der Waals surface area contributed by atoms with Crippen LogP contribution in [0.2, 0.25) is 0 Å². The molecule has 0 saturated heterocycles. The van der Waals surface area contributed by atoms with Gasteiger partial charge in [-0.1, -0.05) is 18.2 Å². The van der Waals surface area contributed by atoms with Crippen molar-refractivity contribution in [2.24, 2.45) is 11.7 Å². The van der Waals surface area contributed by atoms with E-state index < -0.39 is 5.91 Å². The fraction of sp³-hybridized carbons (Fsp3) is 0.440. The van der Waals surface area contributed by atoms with Gasteiger partial charge in [-0.25, -0.2) is 4.68 Å². The lowest BCUT2D eigenvalue weighted by molar-refractivity contribution is 0.0846. The monoisotopic (exact) mass is 462 g/mol. The zero-order chi connectivity index (χ0) is 23.8. The number of aromatic nitrogens is 4. The highest BCUT2D eigenvalue weighted by atomic mass is 16.5. The number of rotatable bonds is 9. The van der Waals surface area contributed by atoms with Crippen molar-refractivity contribution < 1.29 is 14.3 Å². The summed E-state index contributed by atoms with van der Waals surface area (Å²) in [6, 6.07) is 10.3. The summed E-state index contributed by atoms with van der Waals surface area (Å²) in [6.07, 6.45) is 7.96. The summed E-state index contributed by atoms with van der Waals surface area (Å²) in [6.45, 7) is 3.89. The third kappa shape index (κ3) is 4.55. The van der Waals surface area contributed by atoms with Crippen molar-refractivity contribution in [2.75, 3.05) is 0 Å². The first kappa shape index (κ1) is 22.2. The van der Waals surface area contributed by atoms with E-state index in [1.165, 1.54) is 0 Å². The Balaban J connectivity index is 1.12. The standard InChI is InChI=1S/C25H30N6O3/c1-15(34-25-22(23(26)32)14-30(29-25)19-8-9-19)10-17-11-18(12-17)28-24(33)21-13-27-31(16(21)2)20-6-4-3-5-7-20/h3-7,13-15,17-19H,8-12H2,1-2H3,(H2,26,32)(H,28,33)/t15-,17?,18?/m0/s1. The fourth-order valence-corrected chi connectivity index (χ4v) is 4.64. The molecule has 2 heterocycles. The molecule has 0 spiro atoms. The molecule has 0 bridgehead atoms. The predicted octanol–water partition coefficient (Wildman–Crippen LogP) is 3.18. The molecule has 2 amide bonds. The van der Waals surface area contributed by atoms with Gasteiger partial charge in [0.25, 0.3) is 11.8 Å². The molecule has 1 atom stereocenters. The summed E-state index contributed by atoms with van der Waals surface area (Å²) >= 11 is 0. The first-order valence-corrected chi connectivity index (χ1v) is 11.9. The van der Waals surface area contributed by atoms with Crippen molar-refractivity contribution in [3.63, 3.8) is 0 Å². The molecule has 5 rings (SSSR count). The second kappa shape index (κ2) is 8.96. The number of benzene rings is 1. The van der Waals surface area contributed by atoms with Crippen LogP contribution in [0, 0.1) is 12.8 Å². The summed E-state index contributed by atoms with van der Waals surface area (Å²) in [5, 5.41) is 11.9. The maximum Gasteiger partial charge on any atom is 0.255 e. The number of hydrogen-bond acceptors (Lipinski definition) is 5. The van der Waals surface area contributed by atoms with Gasteiger partial charge in [0, 0.05) is 12.2 Å². The normalized spacial score (nSPS) is 20.4. The molecule has 9 heteroatoms. The van der Waals surface area contributed by atoms with Crippen LogP contribution in [-0.4, -0.2) is 43.5 Å². The second-order valence-electron chi connectivity index (χ2n) is 9.49. The number of carbonyl (C=O) groups is 2. The maximum atomic E-state index is 12.8. The summed E-state index contributed by atoms with van der Waals surface area (Å²) < 4.78 is 9.56. The van der Waals surface area contributed by atoms with Crippen LogP contribution in [-0.2, 0) is 0 Å². The summed E-state index contributed by atoms with van der Waals surface area (Å²) in [5.74, 6) is 0.147. The van der Waals surface area contributed by atoms with Crippen LogP contribution in [0.5, 0.6) is 5.88 Å². The smallest absolute Gasteiger partial charge is 0.255 e. The molecule has 178 valence electrons. The van der Waals surface area contributed by atoms with Crippen molar-refractivity contribution in [3.8, 4) is 11.6 Å². The number of hydrogen-bond donors (Lipinski definition) is 2. The number of amides is 2. The molecule has 3 N–H and O–H groups in total. The van der Waals surface area contributed by atoms with Crippen LogP contribution >= 0.6 is 0 Å². The Morgan fingerprint density at radius 3 is 2.62 bits per heavy atom. The third-order valence-corrected chi connectivity index (χ3v) is 6.69. The number of primary amides is 1. The molecule has 9 nitrogen and oxygen atoms in total. The van der Waals surface area contributed by atoms with Crippen molar-refractivity contribution in [1.82, 2.24) is 24.9 Å². The minimum atomic E-state index is -0.522. The molecule has 0 unspecified atom stereocenters. The van der Waals surface area contributed by atoms with Gasteiger partial charge in [0.05, 0.1) is 35.3 Å². The Bertz CT molecular complexity index is 1190. The SMILES string of the molecule is Cc1c(C(=O)NC2CC(C[C@H](C)Oc3nn(C4CC4)cc3C(N)=O)C2)cnn1-c1ccccc1. The van der Waals surface area contributed by atoms with Gasteiger partial charge >= 0.3 is 0 Å². The molecule has 1 aromatic carbocycles. The number of para-hydroxylation sites is 1. The van der Waals surface area contributed by atoms with Gasteiger partial charge < -0.3 is 15.8 Å². The summed E-state index contributed by atoms with van der Waals surface area (Å²) in [7, 11) is 0. The number of nitrogens with one attached hydrogen (secondary N) is 1. The van der Waals surface area contributed by atoms with Crippen LogP contribution in [0.4, 0.5) is 0 Å². The van der Waals surface area contributed by atoms with Crippen LogP contribution in [0.25, 0.3) is 5.69 Å². The molecule has 3 aromatic rings. The third-order valence-electron chi connectivity index (χ3n) is 6.69. The first-order chi connectivity index (χ1) is 16.4. The lowest BCUT2D eigenvalue weighted by Crippen LogP contribution is -2.45. The molecule has 34 heavy (non-hydrogen) atoms. The van der Waals surface area contributed by atoms with Crippen molar-refractivity contribution in [1.29, 1.82) is 0 Å². The quantitative estimate of drug-likeness (QED) is 0.507. The number of nitrogens with two attached hydrogens (primary N) is 1. The highest BCUT2D eigenvalue weighted by Crippen LogP contribution is 2.36.